The minimum Gasteiger partial charge on any atom is -0.348 e. The summed E-state index contributed by atoms with van der Waals surface area (Å²) < 4.78 is 0. The van der Waals surface area contributed by atoms with Crippen LogP contribution < -0.4 is 10.6 Å². The summed E-state index contributed by atoms with van der Waals surface area (Å²) in [5.41, 5.74) is 1.51. The molecule has 26 heavy (non-hydrogen) atoms. The average molecular weight is 394 g/mol. The Morgan fingerprint density at radius 2 is 1.62 bits per heavy atom. The maximum absolute atomic E-state index is 12.2. The molecule has 5 nitrogen and oxygen atoms in total. The first-order valence-electron chi connectivity index (χ1n) is 8.13. The predicted molar refractivity (Wildman–Crippen MR) is 106 cm³/mol. The first-order valence-corrected chi connectivity index (χ1v) is 8.88. The molecule has 0 saturated heterocycles. The van der Waals surface area contributed by atoms with Crippen molar-refractivity contribution >= 4 is 40.7 Å². The molecule has 0 heterocycles. The summed E-state index contributed by atoms with van der Waals surface area (Å²) in [6, 6.07) is 14.2. The number of carbonyl (C=O) groups is 2. The third kappa shape index (κ3) is 6.33. The molecule has 0 radical (unpaired) electrons. The van der Waals surface area contributed by atoms with Gasteiger partial charge in [0, 0.05) is 5.02 Å². The van der Waals surface area contributed by atoms with Gasteiger partial charge in [0.05, 0.1) is 29.8 Å². The fourth-order valence-corrected chi connectivity index (χ4v) is 2.73. The smallest absolute Gasteiger partial charge is 0.238 e. The number of para-hydroxylation sites is 1. The van der Waals surface area contributed by atoms with Crippen LogP contribution in [0.2, 0.25) is 10.0 Å². The first-order chi connectivity index (χ1) is 12.3. The van der Waals surface area contributed by atoms with E-state index in [1.165, 1.54) is 0 Å². The Kier molecular flexibility index (Phi) is 7.45. The molecule has 0 fully saturated rings. The number of rotatable bonds is 7. The van der Waals surface area contributed by atoms with E-state index in [4.69, 9.17) is 23.2 Å². The molecule has 0 aliphatic carbocycles. The summed E-state index contributed by atoms with van der Waals surface area (Å²) in [5, 5.41) is 6.75. The lowest BCUT2D eigenvalue weighted by atomic mass is 10.1. The van der Waals surface area contributed by atoms with Gasteiger partial charge in [0.25, 0.3) is 0 Å². The fourth-order valence-electron chi connectivity index (χ4n) is 2.42. The summed E-state index contributed by atoms with van der Waals surface area (Å²) in [5.74, 6) is -0.403. The molecule has 0 saturated carbocycles. The summed E-state index contributed by atoms with van der Waals surface area (Å²) in [6.07, 6.45) is 0. The molecule has 0 aliphatic heterocycles. The van der Waals surface area contributed by atoms with Crippen LogP contribution in [0.1, 0.15) is 18.5 Å². The lowest BCUT2D eigenvalue weighted by molar-refractivity contribution is -0.123. The van der Waals surface area contributed by atoms with E-state index in [1.54, 1.807) is 48.3 Å². The number of hydrogen-bond donors (Lipinski definition) is 2. The summed E-state index contributed by atoms with van der Waals surface area (Å²) >= 11 is 11.9. The van der Waals surface area contributed by atoms with Crippen LogP contribution in [-0.2, 0) is 9.59 Å². The van der Waals surface area contributed by atoms with Gasteiger partial charge >= 0.3 is 0 Å². The third-order valence-corrected chi connectivity index (χ3v) is 4.30. The highest BCUT2D eigenvalue weighted by atomic mass is 35.5. The van der Waals surface area contributed by atoms with Crippen LogP contribution in [0.3, 0.4) is 0 Å². The van der Waals surface area contributed by atoms with Crippen molar-refractivity contribution in [3.05, 3.63) is 64.1 Å². The highest BCUT2D eigenvalue weighted by molar-refractivity contribution is 6.33. The van der Waals surface area contributed by atoms with Gasteiger partial charge in [0.1, 0.15) is 0 Å². The fraction of sp³-hybridized carbons (Fsp3) is 0.263. The lowest BCUT2D eigenvalue weighted by Crippen LogP contribution is -2.39. The number of nitrogens with zero attached hydrogens (tertiary/aromatic N) is 1. The van der Waals surface area contributed by atoms with Crippen molar-refractivity contribution in [2.75, 3.05) is 25.5 Å². The van der Waals surface area contributed by atoms with Gasteiger partial charge in [-0.15, -0.1) is 0 Å². The lowest BCUT2D eigenvalue weighted by Gasteiger charge is -2.19. The molecule has 0 unspecified atom stereocenters. The van der Waals surface area contributed by atoms with E-state index >= 15 is 0 Å². The normalized spacial score (nSPS) is 11.9. The van der Waals surface area contributed by atoms with E-state index in [-0.39, 0.29) is 30.9 Å². The Bertz CT molecular complexity index is 766. The van der Waals surface area contributed by atoms with Crippen molar-refractivity contribution in [3.63, 3.8) is 0 Å². The molecule has 1 atom stereocenters. The van der Waals surface area contributed by atoms with E-state index in [2.05, 4.69) is 10.6 Å². The second kappa shape index (κ2) is 9.57. The van der Waals surface area contributed by atoms with Crippen LogP contribution in [0.15, 0.2) is 48.5 Å². The molecule has 138 valence electrons. The van der Waals surface area contributed by atoms with E-state index in [9.17, 15) is 9.59 Å². The van der Waals surface area contributed by atoms with Gasteiger partial charge in [-0.05, 0) is 43.8 Å². The minimum absolute atomic E-state index is 0.0774. The number of carbonyl (C=O) groups excluding carboxylic acids is 2. The summed E-state index contributed by atoms with van der Waals surface area (Å²) in [6.45, 7) is 2.08. The first kappa shape index (κ1) is 20.2. The Labute approximate surface area is 163 Å². The second-order valence-electron chi connectivity index (χ2n) is 6.04. The number of nitrogens with one attached hydrogen (secondary N) is 2. The minimum atomic E-state index is -0.237. The molecule has 0 bridgehead atoms. The Hall–Kier alpha value is -2.08. The molecule has 0 aromatic heterocycles. The topological polar surface area (TPSA) is 61.4 Å². The number of anilines is 1. The molecular weight excluding hydrogens is 373 g/mol. The molecule has 2 N–H and O–H groups in total. The number of amides is 2. The second-order valence-corrected chi connectivity index (χ2v) is 6.88. The van der Waals surface area contributed by atoms with Crippen molar-refractivity contribution in [1.82, 2.24) is 10.2 Å². The van der Waals surface area contributed by atoms with Crippen molar-refractivity contribution < 1.29 is 9.59 Å². The largest absolute Gasteiger partial charge is 0.348 e. The zero-order chi connectivity index (χ0) is 19.1. The maximum Gasteiger partial charge on any atom is 0.238 e. The van der Waals surface area contributed by atoms with Gasteiger partial charge in [0.15, 0.2) is 0 Å². The molecule has 2 amide bonds. The SMILES string of the molecule is C[C@H](NC(=O)CN(C)CC(=O)Nc1ccccc1Cl)c1ccc(Cl)cc1. The Morgan fingerprint density at radius 3 is 2.27 bits per heavy atom. The monoisotopic (exact) mass is 393 g/mol. The van der Waals surface area contributed by atoms with Crippen LogP contribution in [0, 0.1) is 0 Å². The van der Waals surface area contributed by atoms with E-state index < -0.39 is 0 Å². The van der Waals surface area contributed by atoms with Crippen LogP contribution in [-0.4, -0.2) is 36.9 Å². The number of likely N-dealkylation sites (N-methyl/N-ethyl adjacent to an activating group) is 1. The highest BCUT2D eigenvalue weighted by Crippen LogP contribution is 2.20. The highest BCUT2D eigenvalue weighted by Gasteiger charge is 2.14. The quantitative estimate of drug-likeness (QED) is 0.752. The number of halogens is 2. The van der Waals surface area contributed by atoms with Crippen molar-refractivity contribution in [1.29, 1.82) is 0 Å². The zero-order valence-corrected chi connectivity index (χ0v) is 16.1. The third-order valence-electron chi connectivity index (χ3n) is 3.72. The molecule has 2 aromatic carbocycles. The summed E-state index contributed by atoms with van der Waals surface area (Å²) in [4.78, 5) is 25.9. The van der Waals surface area contributed by atoms with Crippen molar-refractivity contribution in [3.8, 4) is 0 Å². The molecule has 0 spiro atoms. The van der Waals surface area contributed by atoms with Gasteiger partial charge in [0.2, 0.25) is 11.8 Å². The molecule has 7 heteroatoms. The van der Waals surface area contributed by atoms with Crippen molar-refractivity contribution in [2.45, 2.75) is 13.0 Å². The van der Waals surface area contributed by atoms with Gasteiger partial charge in [-0.3, -0.25) is 14.5 Å². The van der Waals surface area contributed by atoms with Gasteiger partial charge < -0.3 is 10.6 Å². The Balaban J connectivity index is 1.80. The van der Waals surface area contributed by atoms with Gasteiger partial charge in [-0.2, -0.15) is 0 Å². The standard InChI is InChI=1S/C19H21Cl2N3O2/c1-13(14-7-9-15(20)10-8-14)22-18(25)11-24(2)12-19(26)23-17-6-4-3-5-16(17)21/h3-10,13H,11-12H2,1-2H3,(H,22,25)(H,23,26)/t13-/m0/s1. The van der Waals surface area contributed by atoms with Crippen LogP contribution in [0.5, 0.6) is 0 Å². The average Bonchev–Trinajstić information content (AvgIpc) is 2.57. The Morgan fingerprint density at radius 1 is 1.00 bits per heavy atom. The molecule has 0 aliphatic rings. The predicted octanol–water partition coefficient (Wildman–Crippen LogP) is 3.74. The van der Waals surface area contributed by atoms with Crippen LogP contribution in [0.4, 0.5) is 5.69 Å². The van der Waals surface area contributed by atoms with Gasteiger partial charge in [-0.1, -0.05) is 47.5 Å². The van der Waals surface area contributed by atoms with Crippen molar-refractivity contribution in [2.24, 2.45) is 0 Å². The van der Waals surface area contributed by atoms with Gasteiger partial charge in [-0.25, -0.2) is 0 Å². The maximum atomic E-state index is 12.2. The van der Waals surface area contributed by atoms with Crippen LogP contribution in [0.25, 0.3) is 0 Å². The zero-order valence-electron chi connectivity index (χ0n) is 14.6. The van der Waals surface area contributed by atoms with E-state index in [1.807, 2.05) is 19.1 Å². The van der Waals surface area contributed by atoms with E-state index in [0.29, 0.717) is 15.7 Å². The molecule has 2 rings (SSSR count). The summed E-state index contributed by atoms with van der Waals surface area (Å²) in [7, 11) is 1.71. The number of hydrogen-bond acceptors (Lipinski definition) is 3. The van der Waals surface area contributed by atoms with E-state index in [0.717, 1.165) is 5.56 Å². The van der Waals surface area contributed by atoms with Crippen LogP contribution >= 0.6 is 23.2 Å². The number of benzene rings is 2. The molecular formula is C19H21Cl2N3O2. The molecule has 2 aromatic rings.